The first-order chi connectivity index (χ1) is 12.8. The van der Waals surface area contributed by atoms with Crippen molar-refractivity contribution in [3.05, 3.63) is 51.5 Å². The minimum absolute atomic E-state index is 0.0290. The highest BCUT2D eigenvalue weighted by atomic mass is 79.9. The molecule has 2 atom stereocenters. The average Bonchev–Trinajstić information content (AvgIpc) is 3.33. The van der Waals surface area contributed by atoms with E-state index in [-0.39, 0.29) is 35.0 Å². The molecule has 1 aromatic heterocycles. The summed E-state index contributed by atoms with van der Waals surface area (Å²) in [6, 6.07) is 3.90. The minimum atomic E-state index is -0.996. The number of nitrogens with one attached hydrogen (secondary N) is 1. The Morgan fingerprint density at radius 1 is 1.33 bits per heavy atom. The molecular formula is C17H14BrClF2N4O2. The van der Waals surface area contributed by atoms with E-state index in [1.165, 1.54) is 29.4 Å². The Balaban J connectivity index is 1.72. The number of anilines is 1. The molecular weight excluding hydrogens is 446 g/mol. The molecule has 0 bridgehead atoms. The van der Waals surface area contributed by atoms with Crippen molar-refractivity contribution >= 4 is 45.3 Å². The molecule has 1 aliphatic carbocycles. The maximum atomic E-state index is 13.7. The monoisotopic (exact) mass is 458 g/mol. The van der Waals surface area contributed by atoms with Gasteiger partial charge in [0.1, 0.15) is 18.5 Å². The molecule has 27 heavy (non-hydrogen) atoms. The van der Waals surface area contributed by atoms with Crippen molar-refractivity contribution in [3.63, 3.8) is 0 Å². The lowest BCUT2D eigenvalue weighted by Crippen LogP contribution is -2.39. The van der Waals surface area contributed by atoms with Crippen LogP contribution in [-0.4, -0.2) is 45.9 Å². The normalized spacial score (nSPS) is 18.1. The maximum absolute atomic E-state index is 13.7. The number of aromatic nitrogens is 2. The van der Waals surface area contributed by atoms with Crippen molar-refractivity contribution in [1.82, 2.24) is 14.9 Å². The molecule has 0 aliphatic heterocycles. The molecule has 1 heterocycles. The molecule has 6 nitrogen and oxygen atoms in total. The van der Waals surface area contributed by atoms with Crippen molar-refractivity contribution in [3.8, 4) is 0 Å². The fourth-order valence-electron chi connectivity index (χ4n) is 2.43. The zero-order valence-electron chi connectivity index (χ0n) is 13.8. The highest BCUT2D eigenvalue weighted by molar-refractivity contribution is 9.10. The zero-order valence-corrected chi connectivity index (χ0v) is 16.2. The Hall–Kier alpha value is -2.13. The van der Waals surface area contributed by atoms with E-state index in [2.05, 4.69) is 31.2 Å². The van der Waals surface area contributed by atoms with E-state index in [4.69, 9.17) is 11.6 Å². The quantitative estimate of drug-likeness (QED) is 0.718. The van der Waals surface area contributed by atoms with Gasteiger partial charge in [0.2, 0.25) is 11.9 Å². The standard InChI is InChI=1S/C17H14BrClF2N4O2/c18-12-2-1-9(3-14(12)21)16(27)25(7-10-4-13(10)20)8-15(26)24-17-22-5-11(19)6-23-17/h1-3,5-6,10,13H,4,7-8H2,(H,22,23,24,26). The van der Waals surface area contributed by atoms with Crippen LogP contribution in [0.4, 0.5) is 14.7 Å². The molecule has 1 fully saturated rings. The molecule has 1 aliphatic rings. The second-order valence-corrected chi connectivity index (χ2v) is 7.39. The number of nitrogens with zero attached hydrogens (tertiary/aromatic N) is 3. The molecule has 1 N–H and O–H groups in total. The number of amides is 2. The summed E-state index contributed by atoms with van der Waals surface area (Å²) in [5.74, 6) is -2.02. The van der Waals surface area contributed by atoms with Crippen LogP contribution >= 0.6 is 27.5 Å². The summed E-state index contributed by atoms with van der Waals surface area (Å²) in [5.41, 5.74) is 0.0716. The Bertz CT molecular complexity index is 869. The summed E-state index contributed by atoms with van der Waals surface area (Å²) in [5, 5.41) is 2.75. The Kier molecular flexibility index (Phi) is 6.01. The van der Waals surface area contributed by atoms with Gasteiger partial charge in [-0.25, -0.2) is 18.7 Å². The van der Waals surface area contributed by atoms with Gasteiger partial charge in [-0.05, 0) is 40.5 Å². The van der Waals surface area contributed by atoms with Crippen LogP contribution in [0.1, 0.15) is 16.8 Å². The number of hydrogen-bond donors (Lipinski definition) is 1. The Morgan fingerprint density at radius 2 is 2.00 bits per heavy atom. The first-order valence-electron chi connectivity index (χ1n) is 7.99. The fourth-order valence-corrected chi connectivity index (χ4v) is 2.77. The highest BCUT2D eigenvalue weighted by Crippen LogP contribution is 2.34. The van der Waals surface area contributed by atoms with Crippen molar-refractivity contribution in [1.29, 1.82) is 0 Å². The van der Waals surface area contributed by atoms with Gasteiger partial charge >= 0.3 is 0 Å². The van der Waals surface area contributed by atoms with E-state index in [1.807, 2.05) is 0 Å². The van der Waals surface area contributed by atoms with Crippen LogP contribution in [0, 0.1) is 11.7 Å². The van der Waals surface area contributed by atoms with E-state index in [0.717, 1.165) is 6.07 Å². The third-order valence-corrected chi connectivity index (χ3v) is 4.79. The predicted molar refractivity (Wildman–Crippen MR) is 98.7 cm³/mol. The second-order valence-electron chi connectivity index (χ2n) is 6.10. The fraction of sp³-hybridized carbons (Fsp3) is 0.294. The van der Waals surface area contributed by atoms with Gasteiger partial charge < -0.3 is 4.90 Å². The molecule has 2 aromatic rings. The van der Waals surface area contributed by atoms with Crippen molar-refractivity contribution in [2.45, 2.75) is 12.6 Å². The van der Waals surface area contributed by atoms with Crippen LogP contribution in [0.2, 0.25) is 5.02 Å². The third-order valence-electron chi connectivity index (χ3n) is 3.95. The highest BCUT2D eigenvalue weighted by Gasteiger charge is 2.40. The van der Waals surface area contributed by atoms with Gasteiger partial charge in [0.15, 0.2) is 0 Å². The van der Waals surface area contributed by atoms with Gasteiger partial charge in [0.05, 0.1) is 21.9 Å². The first kappa shape index (κ1) is 19.6. The van der Waals surface area contributed by atoms with Gasteiger partial charge in [-0.1, -0.05) is 11.6 Å². The van der Waals surface area contributed by atoms with Crippen LogP contribution in [0.3, 0.4) is 0 Å². The van der Waals surface area contributed by atoms with Crippen LogP contribution < -0.4 is 5.32 Å². The Morgan fingerprint density at radius 3 is 2.59 bits per heavy atom. The molecule has 1 saturated carbocycles. The molecule has 10 heteroatoms. The number of hydrogen-bond acceptors (Lipinski definition) is 4. The van der Waals surface area contributed by atoms with Gasteiger partial charge in [0.25, 0.3) is 5.91 Å². The van der Waals surface area contributed by atoms with E-state index < -0.39 is 23.8 Å². The largest absolute Gasteiger partial charge is 0.329 e. The second kappa shape index (κ2) is 8.26. The van der Waals surface area contributed by atoms with E-state index >= 15 is 0 Å². The minimum Gasteiger partial charge on any atom is -0.329 e. The summed E-state index contributed by atoms with van der Waals surface area (Å²) in [6.45, 7) is -0.279. The van der Waals surface area contributed by atoms with Crippen molar-refractivity contribution < 1.29 is 18.4 Å². The van der Waals surface area contributed by atoms with Gasteiger partial charge in [-0.2, -0.15) is 0 Å². The zero-order chi connectivity index (χ0) is 19.6. The number of carbonyl (C=O) groups is 2. The third kappa shape index (κ3) is 5.20. The van der Waals surface area contributed by atoms with Gasteiger partial charge in [-0.3, -0.25) is 14.9 Å². The maximum Gasteiger partial charge on any atom is 0.254 e. The first-order valence-corrected chi connectivity index (χ1v) is 9.16. The van der Waals surface area contributed by atoms with Gasteiger partial charge in [0, 0.05) is 18.0 Å². The van der Waals surface area contributed by atoms with Crippen molar-refractivity contribution in [2.24, 2.45) is 5.92 Å². The molecule has 3 rings (SSSR count). The summed E-state index contributed by atoms with van der Waals surface area (Å²) in [7, 11) is 0. The number of carbonyl (C=O) groups excluding carboxylic acids is 2. The average molecular weight is 460 g/mol. The molecule has 1 aromatic carbocycles. The molecule has 2 unspecified atom stereocenters. The smallest absolute Gasteiger partial charge is 0.254 e. The lowest BCUT2D eigenvalue weighted by atomic mass is 10.2. The van der Waals surface area contributed by atoms with E-state index in [1.54, 1.807) is 0 Å². The SMILES string of the molecule is O=C(CN(CC1CC1F)C(=O)c1ccc(Br)c(F)c1)Nc1ncc(Cl)cn1. The molecule has 2 amide bonds. The van der Waals surface area contributed by atoms with Crippen LogP contribution in [0.15, 0.2) is 35.1 Å². The van der Waals surface area contributed by atoms with Crippen molar-refractivity contribution in [2.75, 3.05) is 18.4 Å². The number of rotatable bonds is 6. The topological polar surface area (TPSA) is 75.2 Å². The van der Waals surface area contributed by atoms with Crippen LogP contribution in [0.5, 0.6) is 0 Å². The molecule has 0 saturated heterocycles. The number of alkyl halides is 1. The summed E-state index contributed by atoms with van der Waals surface area (Å²) in [6.07, 6.45) is 1.97. The van der Waals surface area contributed by atoms with E-state index in [9.17, 15) is 18.4 Å². The number of benzene rings is 1. The van der Waals surface area contributed by atoms with E-state index in [0.29, 0.717) is 11.4 Å². The Labute approximate surface area is 167 Å². The lowest BCUT2D eigenvalue weighted by molar-refractivity contribution is -0.117. The summed E-state index contributed by atoms with van der Waals surface area (Å²) >= 11 is 8.70. The number of halogens is 4. The van der Waals surface area contributed by atoms with Crippen LogP contribution in [-0.2, 0) is 4.79 Å². The summed E-state index contributed by atoms with van der Waals surface area (Å²) < 4.78 is 27.3. The molecule has 0 radical (unpaired) electrons. The molecule has 142 valence electrons. The van der Waals surface area contributed by atoms with Crippen LogP contribution in [0.25, 0.3) is 0 Å². The lowest BCUT2D eigenvalue weighted by Gasteiger charge is -2.22. The molecule has 0 spiro atoms. The summed E-state index contributed by atoms with van der Waals surface area (Å²) in [4.78, 5) is 33.8. The predicted octanol–water partition coefficient (Wildman–Crippen LogP) is 3.47. The van der Waals surface area contributed by atoms with Gasteiger partial charge in [-0.15, -0.1) is 0 Å².